The van der Waals surface area contributed by atoms with E-state index in [9.17, 15) is 0 Å². The van der Waals surface area contributed by atoms with Crippen molar-refractivity contribution in [3.8, 4) is 17.6 Å². The number of benzene rings is 1. The Hall–Kier alpha value is -2.34. The van der Waals surface area contributed by atoms with Crippen molar-refractivity contribution in [3.63, 3.8) is 0 Å². The molecule has 0 aliphatic carbocycles. The maximum absolute atomic E-state index is 8.92. The highest BCUT2D eigenvalue weighted by Crippen LogP contribution is 2.28. The molecule has 2 aromatic rings. The molecule has 0 saturated carbocycles. The van der Waals surface area contributed by atoms with Crippen molar-refractivity contribution in [2.24, 2.45) is 0 Å². The minimum absolute atomic E-state index is 0. The van der Waals surface area contributed by atoms with Crippen molar-refractivity contribution in [1.29, 1.82) is 5.26 Å². The first-order valence-electron chi connectivity index (χ1n) is 7.65. The molecule has 1 aliphatic rings. The van der Waals surface area contributed by atoms with Crippen LogP contribution in [0.5, 0.6) is 11.5 Å². The van der Waals surface area contributed by atoms with Gasteiger partial charge in [-0.15, -0.1) is 12.4 Å². The third-order valence-electron chi connectivity index (χ3n) is 3.94. The number of methoxy groups -OCH3 is 1. The van der Waals surface area contributed by atoms with Gasteiger partial charge in [0.15, 0.2) is 23.9 Å². The zero-order valence-electron chi connectivity index (χ0n) is 14.1. The Morgan fingerprint density at radius 2 is 2.28 bits per heavy atom. The molecule has 1 N–H and O–H groups in total. The molecule has 0 spiro atoms. The molecule has 8 nitrogen and oxygen atoms in total. The Morgan fingerprint density at radius 1 is 1.44 bits per heavy atom. The van der Waals surface area contributed by atoms with Gasteiger partial charge >= 0.3 is 0 Å². The summed E-state index contributed by atoms with van der Waals surface area (Å²) in [6.07, 6.45) is 0. The molecule has 0 amide bonds. The van der Waals surface area contributed by atoms with Gasteiger partial charge in [-0.3, -0.25) is 4.90 Å². The van der Waals surface area contributed by atoms with Crippen LogP contribution in [0.4, 0.5) is 0 Å². The lowest BCUT2D eigenvalue weighted by atomic mass is 10.2. The number of rotatable bonds is 5. The van der Waals surface area contributed by atoms with E-state index in [1.807, 2.05) is 7.05 Å². The van der Waals surface area contributed by atoms with Gasteiger partial charge in [-0.2, -0.15) is 10.2 Å². The highest BCUT2D eigenvalue weighted by Gasteiger charge is 2.25. The maximum Gasteiger partial charge on any atom is 0.264 e. The number of aromatic nitrogens is 2. The van der Waals surface area contributed by atoms with Crippen molar-refractivity contribution in [2.45, 2.75) is 12.6 Å². The largest absolute Gasteiger partial charge is 0.493 e. The van der Waals surface area contributed by atoms with Crippen molar-refractivity contribution < 1.29 is 14.0 Å². The van der Waals surface area contributed by atoms with Crippen LogP contribution in [-0.2, 0) is 6.61 Å². The van der Waals surface area contributed by atoms with Crippen LogP contribution in [0.15, 0.2) is 22.7 Å². The molecule has 1 fully saturated rings. The molecule has 1 aromatic heterocycles. The van der Waals surface area contributed by atoms with Gasteiger partial charge in [-0.1, -0.05) is 5.16 Å². The normalized spacial score (nSPS) is 17.4. The molecule has 25 heavy (non-hydrogen) atoms. The lowest BCUT2D eigenvalue weighted by molar-refractivity contribution is 0.189. The fraction of sp³-hybridized carbons (Fsp3) is 0.438. The fourth-order valence-corrected chi connectivity index (χ4v) is 2.55. The van der Waals surface area contributed by atoms with Gasteiger partial charge in [0, 0.05) is 25.7 Å². The zero-order chi connectivity index (χ0) is 16.9. The van der Waals surface area contributed by atoms with Gasteiger partial charge in [-0.05, 0) is 19.2 Å². The van der Waals surface area contributed by atoms with E-state index in [1.54, 1.807) is 18.2 Å². The van der Waals surface area contributed by atoms with Gasteiger partial charge in [-0.25, -0.2) is 0 Å². The van der Waals surface area contributed by atoms with Gasteiger partial charge in [0.25, 0.3) is 5.89 Å². The molecule has 0 bridgehead atoms. The fourth-order valence-electron chi connectivity index (χ4n) is 2.55. The van der Waals surface area contributed by atoms with Crippen LogP contribution in [-0.4, -0.2) is 48.8 Å². The van der Waals surface area contributed by atoms with Gasteiger partial charge in [0.2, 0.25) is 0 Å². The molecule has 1 unspecified atom stereocenters. The second kappa shape index (κ2) is 8.67. The van der Waals surface area contributed by atoms with Crippen molar-refractivity contribution in [3.05, 3.63) is 35.5 Å². The minimum Gasteiger partial charge on any atom is -0.493 e. The minimum atomic E-state index is 0. The van der Waals surface area contributed by atoms with E-state index in [-0.39, 0.29) is 25.1 Å². The quantitative estimate of drug-likeness (QED) is 0.852. The second-order valence-electron chi connectivity index (χ2n) is 5.51. The first-order chi connectivity index (χ1) is 11.7. The third-order valence-corrected chi connectivity index (χ3v) is 3.94. The first kappa shape index (κ1) is 19.0. The van der Waals surface area contributed by atoms with Crippen molar-refractivity contribution in [2.75, 3.05) is 33.8 Å². The summed E-state index contributed by atoms with van der Waals surface area (Å²) >= 11 is 0. The average Bonchev–Trinajstić information content (AvgIpc) is 3.09. The highest BCUT2D eigenvalue weighted by atomic mass is 35.5. The summed E-state index contributed by atoms with van der Waals surface area (Å²) < 4.78 is 16.2. The van der Waals surface area contributed by atoms with E-state index < -0.39 is 0 Å². The molecular weight excluding hydrogens is 346 g/mol. The lowest BCUT2D eigenvalue weighted by Gasteiger charge is -2.30. The van der Waals surface area contributed by atoms with Crippen LogP contribution in [0.1, 0.15) is 23.3 Å². The van der Waals surface area contributed by atoms with Crippen LogP contribution in [0.2, 0.25) is 0 Å². The molecular formula is C16H20ClN5O3. The van der Waals surface area contributed by atoms with E-state index in [0.29, 0.717) is 28.8 Å². The molecule has 9 heteroatoms. The molecule has 0 radical (unpaired) electrons. The van der Waals surface area contributed by atoms with E-state index in [1.165, 1.54) is 7.11 Å². The number of nitrogens with one attached hydrogen (secondary N) is 1. The molecule has 1 saturated heterocycles. The lowest BCUT2D eigenvalue weighted by Crippen LogP contribution is -2.44. The number of piperazine rings is 1. The Bertz CT molecular complexity index is 746. The van der Waals surface area contributed by atoms with Crippen molar-refractivity contribution in [1.82, 2.24) is 20.4 Å². The summed E-state index contributed by atoms with van der Waals surface area (Å²) in [5, 5.41) is 16.3. The van der Waals surface area contributed by atoms with Crippen molar-refractivity contribution >= 4 is 12.4 Å². The van der Waals surface area contributed by atoms with E-state index in [2.05, 4.69) is 26.4 Å². The predicted molar refractivity (Wildman–Crippen MR) is 91.8 cm³/mol. The van der Waals surface area contributed by atoms with Crippen LogP contribution < -0.4 is 14.8 Å². The number of ether oxygens (including phenoxy) is 2. The molecule has 3 rings (SSSR count). The second-order valence-corrected chi connectivity index (χ2v) is 5.51. The molecule has 2 heterocycles. The van der Waals surface area contributed by atoms with E-state index >= 15 is 0 Å². The molecule has 1 aliphatic heterocycles. The zero-order valence-corrected chi connectivity index (χ0v) is 14.9. The first-order valence-corrected chi connectivity index (χ1v) is 7.65. The Balaban J connectivity index is 0.00000225. The monoisotopic (exact) mass is 365 g/mol. The molecule has 1 aromatic carbocycles. The average molecular weight is 366 g/mol. The Labute approximate surface area is 152 Å². The van der Waals surface area contributed by atoms with Crippen LogP contribution in [0.3, 0.4) is 0 Å². The van der Waals surface area contributed by atoms with Crippen LogP contribution >= 0.6 is 12.4 Å². The maximum atomic E-state index is 8.92. The summed E-state index contributed by atoms with van der Waals surface area (Å²) in [6.45, 7) is 2.83. The summed E-state index contributed by atoms with van der Waals surface area (Å²) in [5.74, 6) is 2.06. The van der Waals surface area contributed by atoms with Gasteiger partial charge < -0.3 is 19.3 Å². The topological polar surface area (TPSA) is 96.4 Å². The number of nitrogens with zero attached hydrogens (tertiary/aromatic N) is 4. The standard InChI is InChI=1S/C16H19N5O3.ClH/c1-21-6-5-18-9-12(21)16-19-15(24-20-16)10-23-13-4-3-11(8-17)7-14(13)22-2;/h3-4,7,12,18H,5-6,9-10H2,1-2H3;1H. The number of halogens is 1. The van der Waals surface area contributed by atoms with Crippen LogP contribution in [0.25, 0.3) is 0 Å². The summed E-state index contributed by atoms with van der Waals surface area (Å²) in [6, 6.07) is 7.13. The predicted octanol–water partition coefficient (Wildman–Crippen LogP) is 1.53. The van der Waals surface area contributed by atoms with Crippen LogP contribution in [0, 0.1) is 11.3 Å². The SMILES string of the molecule is COc1cc(C#N)ccc1OCc1nc(C2CNCCN2C)no1.Cl. The third kappa shape index (κ3) is 4.39. The van der Waals surface area contributed by atoms with Gasteiger partial charge in [0.05, 0.1) is 24.8 Å². The summed E-state index contributed by atoms with van der Waals surface area (Å²) in [7, 11) is 3.57. The summed E-state index contributed by atoms with van der Waals surface area (Å²) in [5.41, 5.74) is 0.507. The van der Waals surface area contributed by atoms with Gasteiger partial charge in [0.1, 0.15) is 0 Å². The molecule has 1 atom stereocenters. The molecule has 134 valence electrons. The number of hydrogen-bond donors (Lipinski definition) is 1. The van der Waals surface area contributed by atoms with E-state index in [0.717, 1.165) is 19.6 Å². The smallest absolute Gasteiger partial charge is 0.264 e. The Morgan fingerprint density at radius 3 is 3.00 bits per heavy atom. The summed E-state index contributed by atoms with van der Waals surface area (Å²) in [4.78, 5) is 6.60. The number of hydrogen-bond acceptors (Lipinski definition) is 8. The number of likely N-dealkylation sites (N-methyl/N-ethyl adjacent to an activating group) is 1. The van der Waals surface area contributed by atoms with E-state index in [4.69, 9.17) is 19.3 Å². The Kier molecular flexibility index (Phi) is 6.58. The number of nitriles is 1. The highest BCUT2D eigenvalue weighted by molar-refractivity contribution is 5.85.